The van der Waals surface area contributed by atoms with Crippen LogP contribution in [0.5, 0.6) is 5.75 Å². The first-order chi connectivity index (χ1) is 14.2. The van der Waals surface area contributed by atoms with Crippen molar-refractivity contribution < 1.29 is 9.53 Å². The van der Waals surface area contributed by atoms with Gasteiger partial charge in [-0.3, -0.25) is 4.79 Å². The highest BCUT2D eigenvalue weighted by Gasteiger charge is 2.23. The minimum Gasteiger partial charge on any atom is -0.496 e. The van der Waals surface area contributed by atoms with Gasteiger partial charge in [-0.1, -0.05) is 30.3 Å². The number of carbonyl (C=O) groups is 1. The van der Waals surface area contributed by atoms with Crippen molar-refractivity contribution in [1.29, 1.82) is 0 Å². The Labute approximate surface area is 171 Å². The summed E-state index contributed by atoms with van der Waals surface area (Å²) < 4.78 is 7.51. The molecule has 0 unspecified atom stereocenters. The van der Waals surface area contributed by atoms with E-state index in [-0.39, 0.29) is 5.91 Å². The van der Waals surface area contributed by atoms with E-state index in [9.17, 15) is 4.79 Å². The molecule has 6 heteroatoms. The highest BCUT2D eigenvalue weighted by atomic mass is 16.5. The Balaban J connectivity index is 1.29. The van der Waals surface area contributed by atoms with Crippen LogP contribution in [0.2, 0.25) is 0 Å². The van der Waals surface area contributed by atoms with Crippen LogP contribution >= 0.6 is 0 Å². The number of likely N-dealkylation sites (tertiary alicyclic amines) is 1. The van der Waals surface area contributed by atoms with E-state index in [0.717, 1.165) is 60.6 Å². The average molecular weight is 393 g/mol. The molecule has 152 valence electrons. The molecular formula is C23H28N4O2. The number of carbonyl (C=O) groups excluding carboxylic acids is 1. The molecule has 4 rings (SSSR count). The SMILES string of the molecule is COc1ccccc1CC(=O)N1CCC(NCc2nc3ccccc3n2C)CC1. The van der Waals surface area contributed by atoms with E-state index in [4.69, 9.17) is 9.72 Å². The second-order valence-corrected chi connectivity index (χ2v) is 7.60. The Kier molecular flexibility index (Phi) is 5.81. The van der Waals surface area contributed by atoms with Gasteiger partial charge in [-0.25, -0.2) is 4.98 Å². The number of para-hydroxylation sites is 3. The molecule has 0 spiro atoms. The van der Waals surface area contributed by atoms with Gasteiger partial charge in [0, 0.05) is 31.7 Å². The summed E-state index contributed by atoms with van der Waals surface area (Å²) in [6.07, 6.45) is 2.31. The Morgan fingerprint density at radius 3 is 2.62 bits per heavy atom. The van der Waals surface area contributed by atoms with E-state index in [1.165, 1.54) is 0 Å². The van der Waals surface area contributed by atoms with Gasteiger partial charge in [-0.2, -0.15) is 0 Å². The van der Waals surface area contributed by atoms with E-state index in [1.807, 2.05) is 47.4 Å². The van der Waals surface area contributed by atoms with Gasteiger partial charge < -0.3 is 19.5 Å². The number of hydrogen-bond donors (Lipinski definition) is 1. The number of fused-ring (bicyclic) bond motifs is 1. The molecule has 1 N–H and O–H groups in total. The molecule has 0 aliphatic carbocycles. The minimum absolute atomic E-state index is 0.170. The monoisotopic (exact) mass is 392 g/mol. The lowest BCUT2D eigenvalue weighted by Gasteiger charge is -2.32. The molecule has 1 fully saturated rings. The Hall–Kier alpha value is -2.86. The topological polar surface area (TPSA) is 59.4 Å². The van der Waals surface area contributed by atoms with Crippen LogP contribution in [0.1, 0.15) is 24.2 Å². The molecule has 1 amide bonds. The van der Waals surface area contributed by atoms with Gasteiger partial charge in [0.05, 0.1) is 31.1 Å². The smallest absolute Gasteiger partial charge is 0.227 e. The summed E-state index contributed by atoms with van der Waals surface area (Å²) in [5, 5.41) is 3.63. The quantitative estimate of drug-likeness (QED) is 0.701. The van der Waals surface area contributed by atoms with Crippen molar-refractivity contribution in [3.05, 3.63) is 59.9 Å². The standard InChI is InChI=1S/C23H28N4O2/c1-26-20-9-5-4-8-19(20)25-22(26)16-24-18-11-13-27(14-12-18)23(28)15-17-7-3-6-10-21(17)29-2/h3-10,18,24H,11-16H2,1-2H3. The molecule has 2 aromatic carbocycles. The summed E-state index contributed by atoms with van der Waals surface area (Å²) in [7, 11) is 3.70. The first kappa shape index (κ1) is 19.5. The van der Waals surface area contributed by atoms with Crippen LogP contribution in [-0.4, -0.2) is 46.6 Å². The molecule has 0 saturated carbocycles. The summed E-state index contributed by atoms with van der Waals surface area (Å²) in [5.41, 5.74) is 3.13. The van der Waals surface area contributed by atoms with Crippen LogP contribution in [0, 0.1) is 0 Å². The average Bonchev–Trinajstić information content (AvgIpc) is 3.09. The van der Waals surface area contributed by atoms with Gasteiger partial charge in [-0.05, 0) is 31.0 Å². The summed E-state index contributed by atoms with van der Waals surface area (Å²) >= 11 is 0. The number of imidazole rings is 1. The van der Waals surface area contributed by atoms with Gasteiger partial charge in [0.2, 0.25) is 5.91 Å². The zero-order valence-electron chi connectivity index (χ0n) is 17.1. The number of hydrogen-bond acceptors (Lipinski definition) is 4. The second-order valence-electron chi connectivity index (χ2n) is 7.60. The first-order valence-corrected chi connectivity index (χ1v) is 10.2. The van der Waals surface area contributed by atoms with Gasteiger partial charge >= 0.3 is 0 Å². The van der Waals surface area contributed by atoms with Gasteiger partial charge in [0.25, 0.3) is 0 Å². The fourth-order valence-corrected chi connectivity index (χ4v) is 4.05. The number of aryl methyl sites for hydroxylation is 1. The zero-order chi connectivity index (χ0) is 20.2. The molecule has 1 aliphatic rings. The van der Waals surface area contributed by atoms with Crippen LogP contribution in [0.3, 0.4) is 0 Å². The maximum atomic E-state index is 12.7. The van der Waals surface area contributed by atoms with E-state index < -0.39 is 0 Å². The molecule has 0 radical (unpaired) electrons. The van der Waals surface area contributed by atoms with Crippen LogP contribution in [-0.2, 0) is 24.8 Å². The van der Waals surface area contributed by atoms with Crippen molar-refractivity contribution in [1.82, 2.24) is 19.8 Å². The van der Waals surface area contributed by atoms with Crippen molar-refractivity contribution in [2.75, 3.05) is 20.2 Å². The van der Waals surface area contributed by atoms with Crippen LogP contribution in [0.15, 0.2) is 48.5 Å². The number of nitrogens with one attached hydrogen (secondary N) is 1. The lowest BCUT2D eigenvalue weighted by Crippen LogP contribution is -2.45. The third-order valence-electron chi connectivity index (χ3n) is 5.81. The third-order valence-corrected chi connectivity index (χ3v) is 5.81. The molecule has 29 heavy (non-hydrogen) atoms. The van der Waals surface area contributed by atoms with Gasteiger partial charge in [0.1, 0.15) is 11.6 Å². The fourth-order valence-electron chi connectivity index (χ4n) is 4.05. The summed E-state index contributed by atoms with van der Waals surface area (Å²) in [4.78, 5) is 19.4. The largest absolute Gasteiger partial charge is 0.496 e. The number of nitrogens with zero attached hydrogens (tertiary/aromatic N) is 3. The number of benzene rings is 2. The fraction of sp³-hybridized carbons (Fsp3) is 0.391. The van der Waals surface area contributed by atoms with Gasteiger partial charge in [0.15, 0.2) is 0 Å². The van der Waals surface area contributed by atoms with Crippen LogP contribution < -0.4 is 10.1 Å². The Morgan fingerprint density at radius 2 is 1.86 bits per heavy atom. The maximum Gasteiger partial charge on any atom is 0.227 e. The molecule has 2 heterocycles. The lowest BCUT2D eigenvalue weighted by atomic mass is 10.0. The number of ether oxygens (including phenoxy) is 1. The zero-order valence-corrected chi connectivity index (χ0v) is 17.1. The Morgan fingerprint density at radius 1 is 1.14 bits per heavy atom. The molecule has 6 nitrogen and oxygen atoms in total. The normalized spacial score (nSPS) is 15.0. The molecular weight excluding hydrogens is 364 g/mol. The van der Waals surface area contributed by atoms with Crippen molar-refractivity contribution >= 4 is 16.9 Å². The summed E-state index contributed by atoms with van der Waals surface area (Å²) in [6, 6.07) is 16.3. The molecule has 1 saturated heterocycles. The van der Waals surface area contributed by atoms with Gasteiger partial charge in [-0.15, -0.1) is 0 Å². The third kappa shape index (κ3) is 4.27. The molecule has 0 atom stereocenters. The van der Waals surface area contributed by atoms with Crippen molar-refractivity contribution in [2.45, 2.75) is 31.8 Å². The number of methoxy groups -OCH3 is 1. The number of aromatic nitrogens is 2. The summed E-state index contributed by atoms with van der Waals surface area (Å²) in [5.74, 6) is 1.99. The number of rotatable bonds is 6. The number of piperidine rings is 1. The Bertz CT molecular complexity index is 989. The minimum atomic E-state index is 0.170. The van der Waals surface area contributed by atoms with Crippen LogP contribution in [0.4, 0.5) is 0 Å². The van der Waals surface area contributed by atoms with E-state index in [0.29, 0.717) is 12.5 Å². The number of amides is 1. The first-order valence-electron chi connectivity index (χ1n) is 10.2. The molecule has 3 aromatic rings. The maximum absolute atomic E-state index is 12.7. The van der Waals surface area contributed by atoms with Crippen molar-refractivity contribution in [3.8, 4) is 5.75 Å². The van der Waals surface area contributed by atoms with Crippen molar-refractivity contribution in [3.63, 3.8) is 0 Å². The lowest BCUT2D eigenvalue weighted by molar-refractivity contribution is -0.131. The predicted octanol–water partition coefficient (Wildman–Crippen LogP) is 2.91. The molecule has 1 aliphatic heterocycles. The highest BCUT2D eigenvalue weighted by Crippen LogP contribution is 2.20. The summed E-state index contributed by atoms with van der Waals surface area (Å²) in [6.45, 7) is 2.31. The van der Waals surface area contributed by atoms with E-state index in [1.54, 1.807) is 7.11 Å². The highest BCUT2D eigenvalue weighted by molar-refractivity contribution is 5.79. The molecule has 0 bridgehead atoms. The van der Waals surface area contributed by atoms with E-state index >= 15 is 0 Å². The van der Waals surface area contributed by atoms with Crippen LogP contribution in [0.25, 0.3) is 11.0 Å². The van der Waals surface area contributed by atoms with E-state index in [2.05, 4.69) is 23.0 Å². The molecule has 1 aromatic heterocycles. The second kappa shape index (κ2) is 8.66. The predicted molar refractivity (Wildman–Crippen MR) is 114 cm³/mol. The van der Waals surface area contributed by atoms with Crippen molar-refractivity contribution in [2.24, 2.45) is 7.05 Å².